The van der Waals surface area contributed by atoms with Gasteiger partial charge >= 0.3 is 0 Å². The minimum atomic E-state index is 0.794. The Balaban J connectivity index is 1.31. The van der Waals surface area contributed by atoms with Crippen LogP contribution in [0.25, 0.3) is 10.8 Å². The molecular weight excluding hydrogens is 394 g/mol. The van der Waals surface area contributed by atoms with Crippen molar-refractivity contribution in [1.82, 2.24) is 25.5 Å². The Hall–Kier alpha value is -3.12. The molecule has 0 spiro atoms. The van der Waals surface area contributed by atoms with Gasteiger partial charge in [-0.25, -0.2) is 0 Å². The van der Waals surface area contributed by atoms with Gasteiger partial charge in [0.2, 0.25) is 0 Å². The van der Waals surface area contributed by atoms with Crippen LogP contribution in [0, 0.1) is 0 Å². The van der Waals surface area contributed by atoms with E-state index in [0.717, 1.165) is 57.2 Å². The van der Waals surface area contributed by atoms with Gasteiger partial charge in [-0.1, -0.05) is 48.5 Å². The first-order valence-electron chi connectivity index (χ1n) is 11.3. The van der Waals surface area contributed by atoms with Crippen LogP contribution in [0.1, 0.15) is 17.0 Å². The normalized spacial score (nSPS) is 11.3. The minimum absolute atomic E-state index is 0.794. The second-order valence-electron chi connectivity index (χ2n) is 7.95. The molecule has 0 amide bonds. The van der Waals surface area contributed by atoms with Gasteiger partial charge in [0.05, 0.1) is 11.4 Å². The van der Waals surface area contributed by atoms with Crippen LogP contribution in [0.15, 0.2) is 91.3 Å². The largest absolute Gasteiger partial charge is 0.310 e. The topological polar surface area (TPSA) is 53.1 Å². The van der Waals surface area contributed by atoms with Crippen LogP contribution in [0.3, 0.4) is 0 Å². The molecule has 0 bridgehead atoms. The van der Waals surface area contributed by atoms with Gasteiger partial charge in [-0.2, -0.15) is 0 Å². The van der Waals surface area contributed by atoms with Gasteiger partial charge in [0.1, 0.15) is 0 Å². The summed E-state index contributed by atoms with van der Waals surface area (Å²) in [4.78, 5) is 11.3. The summed E-state index contributed by atoms with van der Waals surface area (Å²) in [7, 11) is 0. The summed E-state index contributed by atoms with van der Waals surface area (Å²) in [6.45, 7) is 6.32. The summed E-state index contributed by atoms with van der Waals surface area (Å²) in [6, 6.07) is 27.4. The lowest BCUT2D eigenvalue weighted by molar-refractivity contribution is 0.264. The molecule has 32 heavy (non-hydrogen) atoms. The maximum atomic E-state index is 4.39. The lowest BCUT2D eigenvalue weighted by atomic mass is 10.1. The molecule has 0 aliphatic rings. The Morgan fingerprint density at radius 2 is 1.22 bits per heavy atom. The van der Waals surface area contributed by atoms with Gasteiger partial charge in [-0.05, 0) is 46.7 Å². The Bertz CT molecular complexity index is 1020. The average molecular weight is 426 g/mol. The quantitative estimate of drug-likeness (QED) is 0.336. The van der Waals surface area contributed by atoms with Crippen molar-refractivity contribution in [3.05, 3.63) is 108 Å². The predicted octanol–water partition coefficient (Wildman–Crippen LogP) is 4.01. The zero-order valence-corrected chi connectivity index (χ0v) is 18.5. The van der Waals surface area contributed by atoms with E-state index in [4.69, 9.17) is 0 Å². The molecule has 164 valence electrons. The van der Waals surface area contributed by atoms with E-state index < -0.39 is 0 Å². The highest BCUT2D eigenvalue weighted by atomic mass is 15.1. The van der Waals surface area contributed by atoms with Crippen molar-refractivity contribution in [1.29, 1.82) is 0 Å². The SMILES string of the molecule is c1ccc(CNCCN(CCNCc2ccccn2)Cc2ccc3ccccc3c2)nc1. The third-order valence-electron chi connectivity index (χ3n) is 5.49. The van der Waals surface area contributed by atoms with Crippen molar-refractivity contribution in [2.75, 3.05) is 26.2 Å². The van der Waals surface area contributed by atoms with Crippen LogP contribution in [-0.4, -0.2) is 41.0 Å². The molecule has 0 atom stereocenters. The van der Waals surface area contributed by atoms with Gasteiger partial charge in [-0.3, -0.25) is 14.9 Å². The Morgan fingerprint density at radius 1 is 0.625 bits per heavy atom. The van der Waals surface area contributed by atoms with Crippen LogP contribution >= 0.6 is 0 Å². The first-order chi connectivity index (χ1) is 15.9. The van der Waals surface area contributed by atoms with Crippen LogP contribution in [0.2, 0.25) is 0 Å². The summed E-state index contributed by atoms with van der Waals surface area (Å²) in [6.07, 6.45) is 3.69. The molecule has 2 heterocycles. The minimum Gasteiger partial charge on any atom is -0.310 e. The molecule has 2 aromatic heterocycles. The Labute approximate surface area is 190 Å². The number of aromatic nitrogens is 2. The lowest BCUT2D eigenvalue weighted by Gasteiger charge is -2.23. The highest BCUT2D eigenvalue weighted by Crippen LogP contribution is 2.16. The van der Waals surface area contributed by atoms with Crippen molar-refractivity contribution < 1.29 is 0 Å². The number of nitrogens with zero attached hydrogens (tertiary/aromatic N) is 3. The fourth-order valence-electron chi connectivity index (χ4n) is 3.78. The van der Waals surface area contributed by atoms with Gasteiger partial charge in [0, 0.05) is 58.2 Å². The average Bonchev–Trinajstić information content (AvgIpc) is 2.85. The molecule has 0 radical (unpaired) electrons. The molecule has 0 fully saturated rings. The Kier molecular flexibility index (Phi) is 8.32. The van der Waals surface area contributed by atoms with E-state index in [2.05, 4.69) is 80.1 Å². The number of benzene rings is 2. The van der Waals surface area contributed by atoms with Crippen molar-refractivity contribution >= 4 is 10.8 Å². The number of rotatable bonds is 12. The van der Waals surface area contributed by atoms with Crippen molar-refractivity contribution in [2.45, 2.75) is 19.6 Å². The number of nitrogens with one attached hydrogen (secondary N) is 2. The van der Waals surface area contributed by atoms with E-state index in [-0.39, 0.29) is 0 Å². The molecular formula is C27H31N5. The molecule has 2 N–H and O–H groups in total. The summed E-state index contributed by atoms with van der Waals surface area (Å²) < 4.78 is 0. The molecule has 0 aliphatic carbocycles. The van der Waals surface area contributed by atoms with Gasteiger partial charge in [-0.15, -0.1) is 0 Å². The number of fused-ring (bicyclic) bond motifs is 1. The number of hydrogen-bond donors (Lipinski definition) is 2. The maximum Gasteiger partial charge on any atom is 0.0541 e. The summed E-state index contributed by atoms with van der Waals surface area (Å²) in [5, 5.41) is 9.64. The highest BCUT2D eigenvalue weighted by molar-refractivity contribution is 5.82. The molecule has 0 aliphatic heterocycles. The van der Waals surface area contributed by atoms with Crippen molar-refractivity contribution in [2.24, 2.45) is 0 Å². The molecule has 0 unspecified atom stereocenters. The first kappa shape index (κ1) is 22.1. The highest BCUT2D eigenvalue weighted by Gasteiger charge is 2.07. The molecule has 0 saturated carbocycles. The van der Waals surface area contributed by atoms with Gasteiger partial charge in [0.15, 0.2) is 0 Å². The molecule has 0 saturated heterocycles. The fourth-order valence-corrected chi connectivity index (χ4v) is 3.78. The van der Waals surface area contributed by atoms with E-state index in [1.165, 1.54) is 16.3 Å². The standard InChI is InChI=1S/C27H31N5/c1-2-8-25-19-23(11-12-24(25)7-1)22-32(17-15-28-20-26-9-3-5-13-30-26)18-16-29-21-27-10-4-6-14-31-27/h1-14,19,28-29H,15-18,20-22H2. The number of pyridine rings is 2. The van der Waals surface area contributed by atoms with E-state index >= 15 is 0 Å². The molecule has 4 rings (SSSR count). The molecule has 5 heteroatoms. The van der Waals surface area contributed by atoms with E-state index in [1.54, 1.807) is 0 Å². The lowest BCUT2D eigenvalue weighted by Crippen LogP contribution is -2.36. The van der Waals surface area contributed by atoms with Crippen LogP contribution in [0.5, 0.6) is 0 Å². The first-order valence-corrected chi connectivity index (χ1v) is 11.3. The van der Waals surface area contributed by atoms with E-state index in [1.807, 2.05) is 36.7 Å². The maximum absolute atomic E-state index is 4.39. The third kappa shape index (κ3) is 6.95. The predicted molar refractivity (Wildman–Crippen MR) is 131 cm³/mol. The van der Waals surface area contributed by atoms with E-state index in [0.29, 0.717) is 0 Å². The van der Waals surface area contributed by atoms with Crippen LogP contribution < -0.4 is 10.6 Å². The Morgan fingerprint density at radius 3 is 1.81 bits per heavy atom. The van der Waals surface area contributed by atoms with Crippen LogP contribution in [-0.2, 0) is 19.6 Å². The zero-order chi connectivity index (χ0) is 21.8. The summed E-state index contributed by atoms with van der Waals surface area (Å²) in [5.74, 6) is 0. The second-order valence-corrected chi connectivity index (χ2v) is 7.95. The molecule has 2 aromatic carbocycles. The fraction of sp³-hybridized carbons (Fsp3) is 0.259. The zero-order valence-electron chi connectivity index (χ0n) is 18.5. The van der Waals surface area contributed by atoms with Gasteiger partial charge in [0.25, 0.3) is 0 Å². The van der Waals surface area contributed by atoms with Gasteiger partial charge < -0.3 is 10.6 Å². The summed E-state index contributed by atoms with van der Waals surface area (Å²) in [5.41, 5.74) is 3.49. The smallest absolute Gasteiger partial charge is 0.0541 e. The molecule has 4 aromatic rings. The monoisotopic (exact) mass is 425 g/mol. The second kappa shape index (κ2) is 12.1. The van der Waals surface area contributed by atoms with Crippen molar-refractivity contribution in [3.8, 4) is 0 Å². The van der Waals surface area contributed by atoms with E-state index in [9.17, 15) is 0 Å². The summed E-state index contributed by atoms with van der Waals surface area (Å²) >= 11 is 0. The molecule has 5 nitrogen and oxygen atoms in total. The number of hydrogen-bond acceptors (Lipinski definition) is 5. The van der Waals surface area contributed by atoms with Crippen LogP contribution in [0.4, 0.5) is 0 Å². The third-order valence-corrected chi connectivity index (χ3v) is 5.49. The van der Waals surface area contributed by atoms with Crippen molar-refractivity contribution in [3.63, 3.8) is 0 Å².